The Labute approximate surface area is 140 Å². The summed E-state index contributed by atoms with van der Waals surface area (Å²) in [5.74, 6) is 0.312. The summed E-state index contributed by atoms with van der Waals surface area (Å²) in [4.78, 5) is 14.3. The number of nitrogens with one attached hydrogen (secondary N) is 1. The number of amides is 1. The Balaban J connectivity index is 1.60. The van der Waals surface area contributed by atoms with Crippen LogP contribution in [-0.4, -0.2) is 30.2 Å². The van der Waals surface area contributed by atoms with E-state index < -0.39 is 0 Å². The molecule has 1 amide bonds. The molecule has 0 atom stereocenters. The van der Waals surface area contributed by atoms with Gasteiger partial charge in [0.05, 0.1) is 0 Å². The van der Waals surface area contributed by atoms with Crippen molar-refractivity contribution in [2.75, 3.05) is 19.0 Å². The Morgan fingerprint density at radius 3 is 2.38 bits per heavy atom. The molecular formula is C18H18N4O2. The minimum absolute atomic E-state index is 0.122. The smallest absolute Gasteiger partial charge is 0.251 e. The van der Waals surface area contributed by atoms with Gasteiger partial charge in [-0.25, -0.2) is 0 Å². The van der Waals surface area contributed by atoms with Gasteiger partial charge >= 0.3 is 0 Å². The first-order chi connectivity index (χ1) is 11.6. The second-order valence-electron chi connectivity index (χ2n) is 5.56. The number of rotatable bonds is 5. The van der Waals surface area contributed by atoms with Crippen molar-refractivity contribution in [2.24, 2.45) is 0 Å². The highest BCUT2D eigenvalue weighted by molar-refractivity contribution is 5.94. The number of carbonyl (C=O) groups excluding carboxylic acids is 1. The molecule has 0 fully saturated rings. The zero-order valence-corrected chi connectivity index (χ0v) is 13.6. The lowest BCUT2D eigenvalue weighted by atomic mass is 10.1. The van der Waals surface area contributed by atoms with E-state index in [1.165, 1.54) is 6.39 Å². The largest absolute Gasteiger partial charge is 0.423 e. The molecule has 0 bridgehead atoms. The lowest BCUT2D eigenvalue weighted by Gasteiger charge is -2.13. The van der Waals surface area contributed by atoms with Crippen LogP contribution in [0.4, 0.5) is 5.69 Å². The van der Waals surface area contributed by atoms with Gasteiger partial charge in [0.1, 0.15) is 0 Å². The standard InChI is InChI=1S/C18H18N4O2/c1-22(2)16-9-3-13(4-10-16)11-19-17(23)14-5-7-15(8-6-14)18-21-20-12-24-18/h3-10,12H,11H2,1-2H3,(H,19,23). The first-order valence-corrected chi connectivity index (χ1v) is 7.54. The van der Waals surface area contributed by atoms with Crippen LogP contribution in [0, 0.1) is 0 Å². The van der Waals surface area contributed by atoms with Gasteiger partial charge in [-0.2, -0.15) is 0 Å². The molecule has 0 saturated carbocycles. The molecule has 1 aromatic heterocycles. The Morgan fingerprint density at radius 1 is 1.08 bits per heavy atom. The first-order valence-electron chi connectivity index (χ1n) is 7.54. The Morgan fingerprint density at radius 2 is 1.79 bits per heavy atom. The average Bonchev–Trinajstić information content (AvgIpc) is 3.15. The minimum Gasteiger partial charge on any atom is -0.423 e. The zero-order chi connectivity index (χ0) is 16.9. The third kappa shape index (κ3) is 3.60. The lowest BCUT2D eigenvalue weighted by Crippen LogP contribution is -2.22. The zero-order valence-electron chi connectivity index (χ0n) is 13.6. The van der Waals surface area contributed by atoms with Crippen LogP contribution in [0.1, 0.15) is 15.9 Å². The fraction of sp³-hybridized carbons (Fsp3) is 0.167. The monoisotopic (exact) mass is 322 g/mol. The Bertz CT molecular complexity index is 794. The van der Waals surface area contributed by atoms with Crippen molar-refractivity contribution in [3.05, 3.63) is 66.1 Å². The van der Waals surface area contributed by atoms with Gasteiger partial charge in [0, 0.05) is 37.5 Å². The van der Waals surface area contributed by atoms with Crippen molar-refractivity contribution >= 4 is 11.6 Å². The van der Waals surface area contributed by atoms with Gasteiger partial charge in [-0.3, -0.25) is 4.79 Å². The van der Waals surface area contributed by atoms with Crippen LogP contribution in [-0.2, 0) is 6.54 Å². The normalized spacial score (nSPS) is 10.4. The van der Waals surface area contributed by atoms with Crippen molar-refractivity contribution < 1.29 is 9.21 Å². The molecule has 0 aliphatic rings. The maximum atomic E-state index is 12.2. The highest BCUT2D eigenvalue weighted by Crippen LogP contribution is 2.17. The third-order valence-electron chi connectivity index (χ3n) is 3.66. The van der Waals surface area contributed by atoms with Gasteiger partial charge in [-0.1, -0.05) is 12.1 Å². The summed E-state index contributed by atoms with van der Waals surface area (Å²) in [6.45, 7) is 0.484. The van der Waals surface area contributed by atoms with Crippen LogP contribution >= 0.6 is 0 Å². The third-order valence-corrected chi connectivity index (χ3v) is 3.66. The number of nitrogens with zero attached hydrogens (tertiary/aromatic N) is 3. The number of hydrogen-bond acceptors (Lipinski definition) is 5. The van der Waals surface area contributed by atoms with Gasteiger partial charge < -0.3 is 14.6 Å². The fourth-order valence-corrected chi connectivity index (χ4v) is 2.26. The molecule has 24 heavy (non-hydrogen) atoms. The first kappa shape index (κ1) is 15.7. The summed E-state index contributed by atoms with van der Waals surface area (Å²) < 4.78 is 5.13. The SMILES string of the molecule is CN(C)c1ccc(CNC(=O)c2ccc(-c3nnco3)cc2)cc1. The molecule has 0 radical (unpaired) electrons. The minimum atomic E-state index is -0.122. The van der Waals surface area contributed by atoms with Gasteiger partial charge in [0.15, 0.2) is 0 Å². The summed E-state index contributed by atoms with van der Waals surface area (Å²) in [5, 5.41) is 10.4. The molecule has 0 spiro atoms. The quantitative estimate of drug-likeness (QED) is 0.782. The number of anilines is 1. The molecule has 0 saturated heterocycles. The van der Waals surface area contributed by atoms with Crippen molar-refractivity contribution in [3.63, 3.8) is 0 Å². The molecule has 1 N–H and O–H groups in total. The van der Waals surface area contributed by atoms with E-state index >= 15 is 0 Å². The van der Waals surface area contributed by atoms with E-state index in [0.29, 0.717) is 18.0 Å². The van der Waals surface area contributed by atoms with E-state index in [-0.39, 0.29) is 5.91 Å². The highest BCUT2D eigenvalue weighted by Gasteiger charge is 2.08. The molecule has 0 aliphatic carbocycles. The summed E-state index contributed by atoms with van der Waals surface area (Å²) in [6.07, 6.45) is 1.28. The maximum absolute atomic E-state index is 12.2. The molecular weight excluding hydrogens is 304 g/mol. The van der Waals surface area contributed by atoms with Crippen molar-refractivity contribution in [1.29, 1.82) is 0 Å². The number of hydrogen-bond donors (Lipinski definition) is 1. The summed E-state index contributed by atoms with van der Waals surface area (Å²) in [7, 11) is 3.99. The lowest BCUT2D eigenvalue weighted by molar-refractivity contribution is 0.0951. The molecule has 6 nitrogen and oxygen atoms in total. The average molecular weight is 322 g/mol. The second-order valence-corrected chi connectivity index (χ2v) is 5.56. The molecule has 2 aromatic carbocycles. The van der Waals surface area contributed by atoms with Crippen molar-refractivity contribution in [3.8, 4) is 11.5 Å². The van der Waals surface area contributed by atoms with Crippen molar-refractivity contribution in [1.82, 2.24) is 15.5 Å². The molecule has 3 rings (SSSR count). The number of aromatic nitrogens is 2. The second kappa shape index (κ2) is 6.95. The molecule has 0 aliphatic heterocycles. The van der Waals surface area contributed by atoms with Crippen LogP contribution < -0.4 is 10.2 Å². The summed E-state index contributed by atoms with van der Waals surface area (Å²) in [5.41, 5.74) is 3.55. The van der Waals surface area contributed by atoms with E-state index in [4.69, 9.17) is 4.42 Å². The van der Waals surface area contributed by atoms with Gasteiger partial charge in [0.25, 0.3) is 5.91 Å². The Kier molecular flexibility index (Phi) is 4.56. The van der Waals surface area contributed by atoms with Gasteiger partial charge in [-0.15, -0.1) is 10.2 Å². The molecule has 3 aromatic rings. The molecule has 1 heterocycles. The predicted octanol–water partition coefficient (Wildman–Crippen LogP) is 2.73. The van der Waals surface area contributed by atoms with Gasteiger partial charge in [-0.05, 0) is 42.0 Å². The summed E-state index contributed by atoms with van der Waals surface area (Å²) >= 11 is 0. The van der Waals surface area contributed by atoms with E-state index in [1.807, 2.05) is 43.3 Å². The maximum Gasteiger partial charge on any atom is 0.251 e. The van der Waals surface area contributed by atoms with Crippen LogP contribution in [0.5, 0.6) is 0 Å². The molecule has 0 unspecified atom stereocenters. The van der Waals surface area contributed by atoms with Crippen LogP contribution in [0.2, 0.25) is 0 Å². The van der Waals surface area contributed by atoms with Crippen LogP contribution in [0.25, 0.3) is 11.5 Å². The van der Waals surface area contributed by atoms with Crippen LogP contribution in [0.3, 0.4) is 0 Å². The van der Waals surface area contributed by atoms with E-state index in [9.17, 15) is 4.79 Å². The molecule has 6 heteroatoms. The fourth-order valence-electron chi connectivity index (χ4n) is 2.26. The number of carbonyl (C=O) groups is 1. The highest BCUT2D eigenvalue weighted by atomic mass is 16.4. The number of benzene rings is 2. The van der Waals surface area contributed by atoms with Gasteiger partial charge in [0.2, 0.25) is 12.3 Å². The topological polar surface area (TPSA) is 71.3 Å². The van der Waals surface area contributed by atoms with Crippen molar-refractivity contribution in [2.45, 2.75) is 6.54 Å². The summed E-state index contributed by atoms with van der Waals surface area (Å²) in [6, 6.07) is 15.1. The predicted molar refractivity (Wildman–Crippen MR) is 91.7 cm³/mol. The van der Waals surface area contributed by atoms with Crippen LogP contribution in [0.15, 0.2) is 59.3 Å². The Hall–Kier alpha value is -3.15. The van der Waals surface area contributed by atoms with E-state index in [2.05, 4.69) is 15.5 Å². The van der Waals surface area contributed by atoms with E-state index in [1.54, 1.807) is 24.3 Å². The molecule has 122 valence electrons. The van der Waals surface area contributed by atoms with E-state index in [0.717, 1.165) is 16.8 Å².